The number of hydrogen-bond acceptors (Lipinski definition) is 3. The SMILES string of the molecule is CC(C)(C)c1ccc(OC2=CC(=O)c3ccccc3C2=O)cc1. The second-order valence-corrected chi connectivity index (χ2v) is 6.62. The molecule has 116 valence electrons. The summed E-state index contributed by atoms with van der Waals surface area (Å²) in [5.74, 6) is 0.142. The highest BCUT2D eigenvalue weighted by atomic mass is 16.5. The molecule has 3 rings (SSSR count). The molecule has 0 fully saturated rings. The van der Waals surface area contributed by atoms with Gasteiger partial charge in [-0.15, -0.1) is 0 Å². The van der Waals surface area contributed by atoms with Gasteiger partial charge in [-0.1, -0.05) is 57.2 Å². The van der Waals surface area contributed by atoms with E-state index in [0.717, 1.165) is 0 Å². The fraction of sp³-hybridized carbons (Fsp3) is 0.200. The Morgan fingerprint density at radius 1 is 0.826 bits per heavy atom. The lowest BCUT2D eigenvalue weighted by molar-refractivity contribution is 0.0947. The first kappa shape index (κ1) is 15.2. The predicted molar refractivity (Wildman–Crippen MR) is 89.0 cm³/mol. The number of hydrogen-bond donors (Lipinski definition) is 0. The highest BCUT2D eigenvalue weighted by molar-refractivity contribution is 6.23. The Labute approximate surface area is 135 Å². The van der Waals surface area contributed by atoms with Crippen LogP contribution >= 0.6 is 0 Å². The van der Waals surface area contributed by atoms with Crippen molar-refractivity contribution in [2.75, 3.05) is 0 Å². The standard InChI is InChI=1S/C20H18O3/c1-20(2,3)13-8-10-14(11-9-13)23-18-12-17(21)15-6-4-5-7-16(15)19(18)22/h4-12H,1-3H3. The van der Waals surface area contributed by atoms with Gasteiger partial charge >= 0.3 is 0 Å². The maximum absolute atomic E-state index is 12.4. The van der Waals surface area contributed by atoms with Crippen molar-refractivity contribution in [2.45, 2.75) is 26.2 Å². The first-order valence-electron chi connectivity index (χ1n) is 7.54. The van der Waals surface area contributed by atoms with Crippen LogP contribution in [0, 0.1) is 0 Å². The zero-order chi connectivity index (χ0) is 16.6. The number of carbonyl (C=O) groups excluding carboxylic acids is 2. The summed E-state index contributed by atoms with van der Waals surface area (Å²) in [6, 6.07) is 14.4. The highest BCUT2D eigenvalue weighted by Crippen LogP contribution is 2.27. The Hall–Kier alpha value is -2.68. The van der Waals surface area contributed by atoms with Gasteiger partial charge in [0.1, 0.15) is 5.75 Å². The molecule has 0 heterocycles. The molecule has 2 aromatic rings. The third-order valence-electron chi connectivity index (χ3n) is 3.87. The topological polar surface area (TPSA) is 43.4 Å². The van der Waals surface area contributed by atoms with E-state index in [0.29, 0.717) is 16.9 Å². The van der Waals surface area contributed by atoms with Gasteiger partial charge in [-0.3, -0.25) is 9.59 Å². The summed E-state index contributed by atoms with van der Waals surface area (Å²) in [6.07, 6.45) is 1.27. The summed E-state index contributed by atoms with van der Waals surface area (Å²) < 4.78 is 5.65. The molecule has 0 saturated carbocycles. The number of benzene rings is 2. The van der Waals surface area contributed by atoms with Crippen LogP contribution in [0.25, 0.3) is 0 Å². The lowest BCUT2D eigenvalue weighted by Crippen LogP contribution is -2.20. The molecule has 1 aliphatic carbocycles. The van der Waals surface area contributed by atoms with Gasteiger partial charge in [0.15, 0.2) is 11.5 Å². The normalized spacial score (nSPS) is 14.3. The average Bonchev–Trinajstić information content (AvgIpc) is 2.52. The summed E-state index contributed by atoms with van der Waals surface area (Å²) in [5, 5.41) is 0. The molecule has 2 aromatic carbocycles. The van der Waals surface area contributed by atoms with Crippen molar-refractivity contribution in [3.8, 4) is 5.75 Å². The lowest BCUT2D eigenvalue weighted by Gasteiger charge is -2.20. The second-order valence-electron chi connectivity index (χ2n) is 6.62. The van der Waals surface area contributed by atoms with E-state index < -0.39 is 0 Å². The van der Waals surface area contributed by atoms with Gasteiger partial charge < -0.3 is 4.74 Å². The van der Waals surface area contributed by atoms with E-state index in [-0.39, 0.29) is 22.7 Å². The van der Waals surface area contributed by atoms with Crippen molar-refractivity contribution in [3.63, 3.8) is 0 Å². The fourth-order valence-electron chi connectivity index (χ4n) is 2.52. The number of carbonyl (C=O) groups is 2. The van der Waals surface area contributed by atoms with Gasteiger partial charge in [0, 0.05) is 17.2 Å². The monoisotopic (exact) mass is 306 g/mol. The average molecular weight is 306 g/mol. The van der Waals surface area contributed by atoms with E-state index in [9.17, 15) is 9.59 Å². The Morgan fingerprint density at radius 3 is 2.04 bits per heavy atom. The maximum Gasteiger partial charge on any atom is 0.229 e. The van der Waals surface area contributed by atoms with Crippen LogP contribution in [0.3, 0.4) is 0 Å². The predicted octanol–water partition coefficient (Wildman–Crippen LogP) is 4.33. The highest BCUT2D eigenvalue weighted by Gasteiger charge is 2.26. The third-order valence-corrected chi connectivity index (χ3v) is 3.87. The number of Topliss-reactive ketones (excluding diaryl/α,β-unsaturated/α-hetero) is 1. The molecular formula is C20H18O3. The summed E-state index contributed by atoms with van der Waals surface area (Å²) in [5.41, 5.74) is 2.04. The Morgan fingerprint density at radius 2 is 1.43 bits per heavy atom. The molecule has 0 amide bonds. The molecule has 0 unspecified atom stereocenters. The van der Waals surface area contributed by atoms with Crippen LogP contribution in [-0.2, 0) is 5.41 Å². The van der Waals surface area contributed by atoms with E-state index in [4.69, 9.17) is 4.74 Å². The molecule has 0 N–H and O–H groups in total. The van der Waals surface area contributed by atoms with Crippen molar-refractivity contribution in [1.82, 2.24) is 0 Å². The van der Waals surface area contributed by atoms with Crippen molar-refractivity contribution < 1.29 is 14.3 Å². The molecule has 1 aliphatic rings. The molecule has 0 saturated heterocycles. The van der Waals surface area contributed by atoms with Crippen LogP contribution in [0.1, 0.15) is 47.1 Å². The van der Waals surface area contributed by atoms with Gasteiger partial charge in [-0.25, -0.2) is 0 Å². The zero-order valence-corrected chi connectivity index (χ0v) is 13.4. The fourth-order valence-corrected chi connectivity index (χ4v) is 2.52. The number of rotatable bonds is 2. The third kappa shape index (κ3) is 2.95. The lowest BCUT2D eigenvalue weighted by atomic mass is 9.87. The van der Waals surface area contributed by atoms with Crippen LogP contribution in [0.15, 0.2) is 60.4 Å². The van der Waals surface area contributed by atoms with Crippen LogP contribution in [0.5, 0.6) is 5.75 Å². The molecule has 3 heteroatoms. The minimum atomic E-state index is -0.264. The number of ether oxygens (including phenoxy) is 1. The second kappa shape index (κ2) is 5.51. The van der Waals surface area contributed by atoms with E-state index in [2.05, 4.69) is 20.8 Å². The van der Waals surface area contributed by atoms with Gasteiger partial charge in [-0.2, -0.15) is 0 Å². The van der Waals surface area contributed by atoms with Crippen molar-refractivity contribution in [2.24, 2.45) is 0 Å². The summed E-state index contributed by atoms with van der Waals surface area (Å²) in [6.45, 7) is 6.39. The van der Waals surface area contributed by atoms with Gasteiger partial charge in [0.25, 0.3) is 0 Å². The Kier molecular flexibility index (Phi) is 3.64. The summed E-state index contributed by atoms with van der Waals surface area (Å²) >= 11 is 0. The smallest absolute Gasteiger partial charge is 0.229 e. The first-order chi connectivity index (χ1) is 10.9. The van der Waals surface area contributed by atoms with Gasteiger partial charge in [0.05, 0.1) is 0 Å². The summed E-state index contributed by atoms with van der Waals surface area (Å²) in [4.78, 5) is 24.6. The Bertz CT molecular complexity index is 806. The molecule has 0 spiro atoms. The number of ketones is 2. The molecule has 0 radical (unpaired) electrons. The van der Waals surface area contributed by atoms with Crippen molar-refractivity contribution >= 4 is 11.6 Å². The number of fused-ring (bicyclic) bond motifs is 1. The summed E-state index contributed by atoms with van der Waals surface area (Å²) in [7, 11) is 0. The maximum atomic E-state index is 12.4. The van der Waals surface area contributed by atoms with E-state index in [1.54, 1.807) is 24.3 Å². The van der Waals surface area contributed by atoms with E-state index in [1.165, 1.54) is 11.6 Å². The van der Waals surface area contributed by atoms with Crippen molar-refractivity contribution in [1.29, 1.82) is 0 Å². The molecular weight excluding hydrogens is 288 g/mol. The van der Waals surface area contributed by atoms with Crippen LogP contribution < -0.4 is 4.74 Å². The molecule has 3 nitrogen and oxygen atoms in total. The molecule has 0 bridgehead atoms. The van der Waals surface area contributed by atoms with E-state index >= 15 is 0 Å². The molecule has 0 aliphatic heterocycles. The molecule has 0 atom stereocenters. The largest absolute Gasteiger partial charge is 0.453 e. The molecule has 0 aromatic heterocycles. The minimum Gasteiger partial charge on any atom is -0.453 e. The number of allylic oxidation sites excluding steroid dienone is 2. The van der Waals surface area contributed by atoms with Gasteiger partial charge in [0.2, 0.25) is 5.78 Å². The van der Waals surface area contributed by atoms with Crippen LogP contribution in [0.4, 0.5) is 0 Å². The van der Waals surface area contributed by atoms with Gasteiger partial charge in [-0.05, 0) is 23.1 Å². The quantitative estimate of drug-likeness (QED) is 0.829. The van der Waals surface area contributed by atoms with Crippen molar-refractivity contribution in [3.05, 3.63) is 77.1 Å². The zero-order valence-electron chi connectivity index (χ0n) is 13.4. The van der Waals surface area contributed by atoms with Crippen LogP contribution in [-0.4, -0.2) is 11.6 Å². The van der Waals surface area contributed by atoms with Crippen LogP contribution in [0.2, 0.25) is 0 Å². The Balaban J connectivity index is 1.87. The molecule has 23 heavy (non-hydrogen) atoms. The van der Waals surface area contributed by atoms with E-state index in [1.807, 2.05) is 24.3 Å². The first-order valence-corrected chi connectivity index (χ1v) is 7.54. The minimum absolute atomic E-state index is 0.0490.